The van der Waals surface area contributed by atoms with Crippen molar-refractivity contribution in [2.75, 3.05) is 54.1 Å². The molecule has 33 heavy (non-hydrogen) atoms. The fourth-order valence-corrected chi connectivity index (χ4v) is 2.87. The van der Waals surface area contributed by atoms with Crippen LogP contribution in [0.25, 0.3) is 0 Å². The van der Waals surface area contributed by atoms with E-state index in [1.807, 2.05) is 38.2 Å². The fourth-order valence-electron chi connectivity index (χ4n) is 2.87. The summed E-state index contributed by atoms with van der Waals surface area (Å²) in [6.07, 6.45) is -0.232. The fraction of sp³-hybridized carbons (Fsp3) is 0.458. The molecule has 0 radical (unpaired) electrons. The average molecular weight is 574 g/mol. The first-order valence-corrected chi connectivity index (χ1v) is 10.8. The molecule has 2 aromatic rings. The van der Waals surface area contributed by atoms with E-state index in [1.54, 1.807) is 32.4 Å². The highest BCUT2D eigenvalue weighted by molar-refractivity contribution is 14.0. The first-order chi connectivity index (χ1) is 15.5. The van der Waals surface area contributed by atoms with E-state index in [4.69, 9.17) is 14.2 Å². The molecule has 184 valence electrons. The van der Waals surface area contributed by atoms with E-state index in [1.165, 1.54) is 6.07 Å². The summed E-state index contributed by atoms with van der Waals surface area (Å²) in [5, 5.41) is 6.47. The van der Waals surface area contributed by atoms with Gasteiger partial charge in [-0.15, -0.1) is 24.0 Å². The molecule has 1 atom stereocenters. The predicted molar refractivity (Wildman–Crippen MR) is 141 cm³/mol. The number of para-hydroxylation sites is 1. The van der Waals surface area contributed by atoms with E-state index in [0.29, 0.717) is 32.3 Å². The van der Waals surface area contributed by atoms with Crippen LogP contribution in [-0.4, -0.2) is 71.0 Å². The molecule has 0 fully saturated rings. The maximum atomic E-state index is 13.7. The Bertz CT molecular complexity index is 841. The van der Waals surface area contributed by atoms with E-state index in [2.05, 4.69) is 20.5 Å². The summed E-state index contributed by atoms with van der Waals surface area (Å²) in [5.74, 6) is 1.34. The SMILES string of the molecule is CN=C(NCc1cccc(OCCN(C)CCOC)c1)NCC(C)Oc1ccccc1F.I. The van der Waals surface area contributed by atoms with Gasteiger partial charge in [-0.25, -0.2) is 4.39 Å². The highest BCUT2D eigenvalue weighted by Gasteiger charge is 2.09. The first-order valence-electron chi connectivity index (χ1n) is 10.8. The van der Waals surface area contributed by atoms with Crippen molar-refractivity contribution in [1.82, 2.24) is 15.5 Å². The van der Waals surface area contributed by atoms with E-state index in [9.17, 15) is 4.39 Å². The number of nitrogens with one attached hydrogen (secondary N) is 2. The number of hydrogen-bond acceptors (Lipinski definition) is 5. The van der Waals surface area contributed by atoms with Crippen molar-refractivity contribution in [2.45, 2.75) is 19.6 Å². The number of nitrogens with zero attached hydrogens (tertiary/aromatic N) is 2. The molecule has 2 rings (SSSR count). The Morgan fingerprint density at radius 3 is 2.58 bits per heavy atom. The highest BCUT2D eigenvalue weighted by atomic mass is 127. The molecule has 7 nitrogen and oxygen atoms in total. The van der Waals surface area contributed by atoms with Crippen LogP contribution in [0, 0.1) is 5.82 Å². The highest BCUT2D eigenvalue weighted by Crippen LogP contribution is 2.16. The Morgan fingerprint density at radius 2 is 1.85 bits per heavy atom. The zero-order valence-electron chi connectivity index (χ0n) is 19.8. The molecule has 0 amide bonds. The van der Waals surface area contributed by atoms with Crippen LogP contribution < -0.4 is 20.1 Å². The first kappa shape index (κ1) is 28.9. The van der Waals surface area contributed by atoms with Gasteiger partial charge in [0.1, 0.15) is 18.5 Å². The summed E-state index contributed by atoms with van der Waals surface area (Å²) in [7, 11) is 5.45. The molecule has 0 spiro atoms. The zero-order valence-corrected chi connectivity index (χ0v) is 22.2. The predicted octanol–water partition coefficient (Wildman–Crippen LogP) is 3.53. The third kappa shape index (κ3) is 11.5. The van der Waals surface area contributed by atoms with Crippen molar-refractivity contribution in [3.8, 4) is 11.5 Å². The van der Waals surface area contributed by atoms with Crippen molar-refractivity contribution in [3.63, 3.8) is 0 Å². The van der Waals surface area contributed by atoms with Gasteiger partial charge in [-0.3, -0.25) is 4.99 Å². The van der Waals surface area contributed by atoms with Crippen LogP contribution in [0.15, 0.2) is 53.5 Å². The van der Waals surface area contributed by atoms with Crippen molar-refractivity contribution >= 4 is 29.9 Å². The standard InChI is InChI=1S/C24H35FN4O3.HI/c1-19(32-23-11-6-5-10-22(23)25)17-27-24(26-2)28-18-20-8-7-9-21(16-20)31-15-13-29(3)12-14-30-4;/h5-11,16,19H,12-15,17-18H2,1-4H3,(H2,26,27,28);1H. The van der Waals surface area contributed by atoms with Gasteiger partial charge < -0.3 is 29.7 Å². The number of methoxy groups -OCH3 is 1. The summed E-state index contributed by atoms with van der Waals surface area (Å²) >= 11 is 0. The molecule has 9 heteroatoms. The minimum absolute atomic E-state index is 0. The van der Waals surface area contributed by atoms with Crippen LogP contribution in [0.5, 0.6) is 11.5 Å². The minimum atomic E-state index is -0.370. The minimum Gasteiger partial charge on any atom is -0.492 e. The van der Waals surface area contributed by atoms with Gasteiger partial charge in [0.15, 0.2) is 17.5 Å². The van der Waals surface area contributed by atoms with Crippen molar-refractivity contribution < 1.29 is 18.6 Å². The maximum Gasteiger partial charge on any atom is 0.191 e. The maximum absolute atomic E-state index is 13.7. The Balaban J connectivity index is 0.00000544. The van der Waals surface area contributed by atoms with Gasteiger partial charge in [-0.05, 0) is 43.8 Å². The summed E-state index contributed by atoms with van der Waals surface area (Å²) < 4.78 is 30.3. The van der Waals surface area contributed by atoms with Gasteiger partial charge in [0, 0.05) is 33.8 Å². The van der Waals surface area contributed by atoms with Crippen LogP contribution in [0.4, 0.5) is 4.39 Å². The molecule has 0 bridgehead atoms. The molecular formula is C24H36FIN4O3. The summed E-state index contributed by atoms with van der Waals surface area (Å²) in [5.41, 5.74) is 1.08. The van der Waals surface area contributed by atoms with Crippen molar-refractivity contribution in [3.05, 3.63) is 59.9 Å². The third-order valence-corrected chi connectivity index (χ3v) is 4.72. The van der Waals surface area contributed by atoms with Gasteiger partial charge in [0.25, 0.3) is 0 Å². The molecule has 1 unspecified atom stereocenters. The van der Waals surface area contributed by atoms with Crippen LogP contribution in [0.3, 0.4) is 0 Å². The summed E-state index contributed by atoms with van der Waals surface area (Å²) in [6, 6.07) is 14.4. The molecule has 0 aliphatic heterocycles. The molecule has 0 aromatic heterocycles. The summed E-state index contributed by atoms with van der Waals surface area (Å²) in [4.78, 5) is 6.40. The topological polar surface area (TPSA) is 67.4 Å². The number of benzene rings is 2. The molecule has 2 N–H and O–H groups in total. The van der Waals surface area contributed by atoms with E-state index in [0.717, 1.165) is 24.4 Å². The summed E-state index contributed by atoms with van der Waals surface area (Å²) in [6.45, 7) is 5.97. The zero-order chi connectivity index (χ0) is 23.2. The van der Waals surface area contributed by atoms with Crippen molar-refractivity contribution in [2.24, 2.45) is 4.99 Å². The van der Waals surface area contributed by atoms with Gasteiger partial charge >= 0.3 is 0 Å². The molecular weight excluding hydrogens is 538 g/mol. The number of halogens is 2. The molecule has 0 saturated carbocycles. The number of aliphatic imine (C=N–C) groups is 1. The number of hydrogen-bond donors (Lipinski definition) is 2. The number of guanidine groups is 1. The lowest BCUT2D eigenvalue weighted by Crippen LogP contribution is -2.41. The Labute approximate surface area is 213 Å². The Morgan fingerprint density at radius 1 is 1.09 bits per heavy atom. The van der Waals surface area contributed by atoms with E-state index in [-0.39, 0.29) is 41.6 Å². The lowest BCUT2D eigenvalue weighted by molar-refractivity contribution is 0.150. The molecule has 0 aliphatic carbocycles. The van der Waals surface area contributed by atoms with Gasteiger partial charge in [0.05, 0.1) is 13.2 Å². The van der Waals surface area contributed by atoms with Crippen LogP contribution in [0.1, 0.15) is 12.5 Å². The molecule has 2 aromatic carbocycles. The molecule has 0 saturated heterocycles. The van der Waals surface area contributed by atoms with Crippen LogP contribution >= 0.6 is 24.0 Å². The molecule has 0 aliphatic rings. The second-order valence-corrected chi connectivity index (χ2v) is 7.46. The number of ether oxygens (including phenoxy) is 3. The quantitative estimate of drug-likeness (QED) is 0.217. The van der Waals surface area contributed by atoms with Gasteiger partial charge in [0.2, 0.25) is 0 Å². The number of rotatable bonds is 13. The van der Waals surface area contributed by atoms with Gasteiger partial charge in [-0.1, -0.05) is 24.3 Å². The van der Waals surface area contributed by atoms with Crippen LogP contribution in [0.2, 0.25) is 0 Å². The Hall–Kier alpha value is -2.11. The van der Waals surface area contributed by atoms with Crippen molar-refractivity contribution in [1.29, 1.82) is 0 Å². The average Bonchev–Trinajstić information content (AvgIpc) is 2.79. The monoisotopic (exact) mass is 574 g/mol. The van der Waals surface area contributed by atoms with Gasteiger partial charge in [-0.2, -0.15) is 0 Å². The van der Waals surface area contributed by atoms with E-state index >= 15 is 0 Å². The largest absolute Gasteiger partial charge is 0.492 e. The molecule has 0 heterocycles. The Kier molecular flexibility index (Phi) is 14.5. The normalized spacial score (nSPS) is 12.1. The van der Waals surface area contributed by atoms with Crippen LogP contribution in [-0.2, 0) is 11.3 Å². The number of likely N-dealkylation sites (N-methyl/N-ethyl adjacent to an activating group) is 1. The second-order valence-electron chi connectivity index (χ2n) is 7.46. The lowest BCUT2D eigenvalue weighted by Gasteiger charge is -2.18. The third-order valence-electron chi connectivity index (χ3n) is 4.72. The lowest BCUT2D eigenvalue weighted by atomic mass is 10.2. The second kappa shape index (κ2) is 16.5. The smallest absolute Gasteiger partial charge is 0.191 e. The van der Waals surface area contributed by atoms with E-state index < -0.39 is 0 Å².